The second-order valence-corrected chi connectivity index (χ2v) is 4.59. The van der Waals surface area contributed by atoms with Gasteiger partial charge in [-0.25, -0.2) is 4.98 Å². The van der Waals surface area contributed by atoms with Gasteiger partial charge < -0.3 is 5.73 Å². The highest BCUT2D eigenvalue weighted by Crippen LogP contribution is 2.27. The molecule has 1 aromatic rings. The maximum atomic E-state index is 5.47. The Morgan fingerprint density at radius 1 is 1.31 bits per heavy atom. The fourth-order valence-corrected chi connectivity index (χ4v) is 2.67. The highest BCUT2D eigenvalue weighted by molar-refractivity contribution is 7.05. The van der Waals surface area contributed by atoms with Gasteiger partial charge in [-0.3, -0.25) is 0 Å². The van der Waals surface area contributed by atoms with E-state index in [1.165, 1.54) is 43.6 Å². The van der Waals surface area contributed by atoms with Crippen molar-refractivity contribution >= 4 is 17.5 Å². The molecule has 0 bridgehead atoms. The standard InChI is InChI=1S/C9H15N3S/c10-9-11-8(13-12-9)6-7-4-2-1-3-5-7/h7H,1-6H2,(H2,10,12). The Hall–Kier alpha value is -0.640. The van der Waals surface area contributed by atoms with Crippen LogP contribution in [0.5, 0.6) is 0 Å². The zero-order valence-electron chi connectivity index (χ0n) is 7.70. The van der Waals surface area contributed by atoms with Gasteiger partial charge in [0, 0.05) is 6.42 Å². The van der Waals surface area contributed by atoms with E-state index in [0.29, 0.717) is 5.95 Å². The molecule has 1 aromatic heterocycles. The van der Waals surface area contributed by atoms with Crippen LogP contribution in [0.1, 0.15) is 37.1 Å². The van der Waals surface area contributed by atoms with Crippen LogP contribution in [0.4, 0.5) is 5.95 Å². The molecular formula is C9H15N3S. The zero-order valence-corrected chi connectivity index (χ0v) is 8.52. The summed E-state index contributed by atoms with van der Waals surface area (Å²) in [7, 11) is 0. The van der Waals surface area contributed by atoms with Crippen LogP contribution >= 0.6 is 11.5 Å². The number of nitrogen functional groups attached to an aromatic ring is 1. The van der Waals surface area contributed by atoms with E-state index in [0.717, 1.165) is 17.3 Å². The van der Waals surface area contributed by atoms with E-state index in [1.807, 2.05) is 0 Å². The van der Waals surface area contributed by atoms with Gasteiger partial charge in [0.2, 0.25) is 5.95 Å². The third kappa shape index (κ3) is 2.40. The van der Waals surface area contributed by atoms with Crippen molar-refractivity contribution in [2.75, 3.05) is 5.73 Å². The van der Waals surface area contributed by atoms with Gasteiger partial charge in [0.1, 0.15) is 5.01 Å². The monoisotopic (exact) mass is 197 g/mol. The maximum Gasteiger partial charge on any atom is 0.232 e. The SMILES string of the molecule is Nc1nsc(CC2CCCCC2)n1. The number of nitrogens with two attached hydrogens (primary N) is 1. The molecule has 1 aliphatic carbocycles. The molecule has 4 heteroatoms. The molecule has 2 rings (SSSR count). The molecule has 13 heavy (non-hydrogen) atoms. The van der Waals surface area contributed by atoms with Crippen LogP contribution in [0.2, 0.25) is 0 Å². The number of hydrogen-bond donors (Lipinski definition) is 1. The summed E-state index contributed by atoms with van der Waals surface area (Å²) >= 11 is 1.46. The Kier molecular flexibility index (Phi) is 2.78. The predicted octanol–water partition coefficient (Wildman–Crippen LogP) is 2.24. The van der Waals surface area contributed by atoms with E-state index in [9.17, 15) is 0 Å². The summed E-state index contributed by atoms with van der Waals surface area (Å²) in [4.78, 5) is 4.19. The lowest BCUT2D eigenvalue weighted by Gasteiger charge is -2.19. The largest absolute Gasteiger partial charge is 0.367 e. The molecule has 0 spiro atoms. The van der Waals surface area contributed by atoms with Crippen molar-refractivity contribution in [2.45, 2.75) is 38.5 Å². The molecule has 1 fully saturated rings. The summed E-state index contributed by atoms with van der Waals surface area (Å²) in [6.07, 6.45) is 8.00. The maximum absolute atomic E-state index is 5.47. The summed E-state index contributed by atoms with van der Waals surface area (Å²) < 4.78 is 3.99. The lowest BCUT2D eigenvalue weighted by Crippen LogP contribution is -2.09. The van der Waals surface area contributed by atoms with Crippen molar-refractivity contribution in [3.8, 4) is 0 Å². The first-order valence-corrected chi connectivity index (χ1v) is 5.70. The Labute approximate surface area is 82.5 Å². The number of anilines is 1. The molecule has 2 N–H and O–H groups in total. The third-order valence-electron chi connectivity index (χ3n) is 2.67. The van der Waals surface area contributed by atoms with Crippen LogP contribution in [0, 0.1) is 5.92 Å². The number of rotatable bonds is 2. The Balaban J connectivity index is 1.89. The molecule has 1 heterocycles. The van der Waals surface area contributed by atoms with Gasteiger partial charge in [0.15, 0.2) is 0 Å². The Morgan fingerprint density at radius 2 is 2.08 bits per heavy atom. The quantitative estimate of drug-likeness (QED) is 0.791. The first-order chi connectivity index (χ1) is 6.34. The molecule has 3 nitrogen and oxygen atoms in total. The molecule has 0 radical (unpaired) electrons. The van der Waals surface area contributed by atoms with Gasteiger partial charge in [-0.05, 0) is 17.5 Å². The lowest BCUT2D eigenvalue weighted by atomic mass is 9.87. The molecule has 0 atom stereocenters. The molecule has 0 aliphatic heterocycles. The first kappa shape index (κ1) is 8.94. The van der Waals surface area contributed by atoms with Crippen molar-refractivity contribution in [2.24, 2.45) is 5.92 Å². The fraction of sp³-hybridized carbons (Fsp3) is 0.778. The van der Waals surface area contributed by atoms with Crippen LogP contribution in [-0.2, 0) is 6.42 Å². The second kappa shape index (κ2) is 4.05. The minimum Gasteiger partial charge on any atom is -0.367 e. The summed E-state index contributed by atoms with van der Waals surface area (Å²) in [6, 6.07) is 0. The van der Waals surface area contributed by atoms with Gasteiger partial charge in [-0.1, -0.05) is 32.1 Å². The van der Waals surface area contributed by atoms with Crippen molar-refractivity contribution in [1.82, 2.24) is 9.36 Å². The molecule has 1 aliphatic rings. The fourth-order valence-electron chi connectivity index (χ4n) is 1.99. The summed E-state index contributed by atoms with van der Waals surface area (Å²) in [5, 5.41) is 1.12. The smallest absolute Gasteiger partial charge is 0.232 e. The highest BCUT2D eigenvalue weighted by Gasteiger charge is 2.15. The van der Waals surface area contributed by atoms with Gasteiger partial charge in [0.25, 0.3) is 0 Å². The molecule has 72 valence electrons. The van der Waals surface area contributed by atoms with Crippen molar-refractivity contribution in [3.63, 3.8) is 0 Å². The summed E-state index contributed by atoms with van der Waals surface area (Å²) in [5.74, 6) is 1.27. The average Bonchev–Trinajstić information content (AvgIpc) is 2.53. The van der Waals surface area contributed by atoms with E-state index in [4.69, 9.17) is 5.73 Å². The van der Waals surface area contributed by atoms with Crippen molar-refractivity contribution < 1.29 is 0 Å². The van der Waals surface area contributed by atoms with Crippen LogP contribution in [0.3, 0.4) is 0 Å². The highest BCUT2D eigenvalue weighted by atomic mass is 32.1. The minimum atomic E-state index is 0.441. The number of nitrogens with zero attached hydrogens (tertiary/aromatic N) is 2. The van der Waals surface area contributed by atoms with Crippen molar-refractivity contribution in [1.29, 1.82) is 0 Å². The Bertz CT molecular complexity index is 266. The number of aromatic nitrogens is 2. The number of hydrogen-bond acceptors (Lipinski definition) is 4. The summed E-state index contributed by atoms with van der Waals surface area (Å²) in [5.41, 5.74) is 5.47. The van der Waals surface area contributed by atoms with Crippen LogP contribution in [0.25, 0.3) is 0 Å². The van der Waals surface area contributed by atoms with E-state index in [1.54, 1.807) is 0 Å². The lowest BCUT2D eigenvalue weighted by molar-refractivity contribution is 0.356. The topological polar surface area (TPSA) is 51.8 Å². The average molecular weight is 197 g/mol. The van der Waals surface area contributed by atoms with Gasteiger partial charge in [-0.15, -0.1) is 0 Å². The summed E-state index contributed by atoms with van der Waals surface area (Å²) in [6.45, 7) is 0. The first-order valence-electron chi connectivity index (χ1n) is 4.92. The Morgan fingerprint density at radius 3 is 2.69 bits per heavy atom. The molecule has 0 amide bonds. The second-order valence-electron chi connectivity index (χ2n) is 3.75. The van der Waals surface area contributed by atoms with Crippen LogP contribution in [-0.4, -0.2) is 9.36 Å². The van der Waals surface area contributed by atoms with Crippen LogP contribution < -0.4 is 5.73 Å². The third-order valence-corrected chi connectivity index (χ3v) is 3.42. The van der Waals surface area contributed by atoms with Gasteiger partial charge >= 0.3 is 0 Å². The molecule has 0 unspecified atom stereocenters. The molecule has 0 aromatic carbocycles. The predicted molar refractivity (Wildman–Crippen MR) is 54.6 cm³/mol. The minimum absolute atomic E-state index is 0.441. The van der Waals surface area contributed by atoms with Gasteiger partial charge in [0.05, 0.1) is 0 Å². The van der Waals surface area contributed by atoms with E-state index < -0.39 is 0 Å². The van der Waals surface area contributed by atoms with E-state index in [-0.39, 0.29) is 0 Å². The van der Waals surface area contributed by atoms with E-state index >= 15 is 0 Å². The molecule has 0 saturated heterocycles. The normalized spacial score (nSPS) is 19.1. The van der Waals surface area contributed by atoms with Crippen molar-refractivity contribution in [3.05, 3.63) is 5.01 Å². The molecular weight excluding hydrogens is 182 g/mol. The zero-order chi connectivity index (χ0) is 9.10. The van der Waals surface area contributed by atoms with Crippen LogP contribution in [0.15, 0.2) is 0 Å². The van der Waals surface area contributed by atoms with E-state index in [2.05, 4.69) is 9.36 Å². The molecule has 1 saturated carbocycles. The van der Waals surface area contributed by atoms with Gasteiger partial charge in [-0.2, -0.15) is 4.37 Å².